The summed E-state index contributed by atoms with van der Waals surface area (Å²) < 4.78 is 40.5. The van der Waals surface area contributed by atoms with Gasteiger partial charge in [-0.3, -0.25) is 4.79 Å². The molecule has 28 heavy (non-hydrogen) atoms. The highest BCUT2D eigenvalue weighted by Gasteiger charge is 2.48. The number of alkyl halides is 3. The molecular weight excluding hydrogens is 371 g/mol. The molecule has 1 aromatic heterocycles. The van der Waals surface area contributed by atoms with Crippen LogP contribution < -0.4 is 5.73 Å². The molecule has 0 radical (unpaired) electrons. The Kier molecular flexibility index (Phi) is 4.65. The van der Waals surface area contributed by atoms with Crippen molar-refractivity contribution < 1.29 is 18.0 Å². The number of benzene rings is 1. The zero-order chi connectivity index (χ0) is 20.1. The second kappa shape index (κ2) is 6.88. The minimum absolute atomic E-state index is 0.0758. The quantitative estimate of drug-likeness (QED) is 0.866. The summed E-state index contributed by atoms with van der Waals surface area (Å²) in [7, 11) is 0. The van der Waals surface area contributed by atoms with E-state index in [4.69, 9.17) is 5.73 Å². The van der Waals surface area contributed by atoms with Gasteiger partial charge in [0.15, 0.2) is 5.82 Å². The largest absolute Gasteiger partial charge is 0.451 e. The first-order valence-corrected chi connectivity index (χ1v) is 9.37. The molecule has 3 heterocycles. The molecule has 1 fully saturated rings. The van der Waals surface area contributed by atoms with Gasteiger partial charge in [-0.1, -0.05) is 24.3 Å². The van der Waals surface area contributed by atoms with E-state index in [1.165, 1.54) is 0 Å². The standard InChI is InChI=1S/C19H22F3N5O/c1-11-4-2-3-5-12(11)8-13(23)9-16(28)27-14-6-7-15(27)17-24-25-18(19(20,21)22)26(17)10-14/h2-5,13-15H,6-10,23H2,1H3. The molecule has 150 valence electrons. The lowest BCUT2D eigenvalue weighted by Crippen LogP contribution is -2.46. The number of hydrogen-bond donors (Lipinski definition) is 1. The Morgan fingerprint density at radius 1 is 1.29 bits per heavy atom. The van der Waals surface area contributed by atoms with Crippen LogP contribution in [-0.4, -0.2) is 37.7 Å². The number of carbonyl (C=O) groups is 1. The third kappa shape index (κ3) is 3.28. The fourth-order valence-corrected chi connectivity index (χ4v) is 4.38. The van der Waals surface area contributed by atoms with Crippen LogP contribution in [0.4, 0.5) is 13.2 Å². The average Bonchev–Trinajstić information content (AvgIpc) is 3.18. The normalized spacial score (nSPS) is 22.2. The zero-order valence-corrected chi connectivity index (χ0v) is 15.5. The number of aromatic nitrogens is 3. The summed E-state index contributed by atoms with van der Waals surface area (Å²) in [6.07, 6.45) is -2.56. The van der Waals surface area contributed by atoms with Crippen LogP contribution in [0.2, 0.25) is 0 Å². The summed E-state index contributed by atoms with van der Waals surface area (Å²) in [6.45, 7) is 2.08. The Bertz CT molecular complexity index is 894. The molecule has 0 spiro atoms. The second-order valence-electron chi connectivity index (χ2n) is 7.63. The van der Waals surface area contributed by atoms with E-state index < -0.39 is 18.0 Å². The maximum absolute atomic E-state index is 13.1. The molecule has 6 nitrogen and oxygen atoms in total. The number of hydrogen-bond acceptors (Lipinski definition) is 4. The summed E-state index contributed by atoms with van der Waals surface area (Å²) in [4.78, 5) is 14.6. The number of halogens is 3. The SMILES string of the molecule is Cc1ccccc1CC(N)CC(=O)N1C2CCC1c1nnc(C(F)(F)F)n1C2. The third-order valence-electron chi connectivity index (χ3n) is 5.69. The minimum Gasteiger partial charge on any atom is -0.328 e. The Balaban J connectivity index is 1.49. The van der Waals surface area contributed by atoms with Gasteiger partial charge in [-0.2, -0.15) is 13.2 Å². The van der Waals surface area contributed by atoms with Crippen molar-refractivity contribution in [2.24, 2.45) is 5.73 Å². The molecule has 2 N–H and O–H groups in total. The zero-order valence-electron chi connectivity index (χ0n) is 15.5. The van der Waals surface area contributed by atoms with Gasteiger partial charge in [-0.05, 0) is 37.3 Å². The van der Waals surface area contributed by atoms with E-state index in [1.807, 2.05) is 31.2 Å². The van der Waals surface area contributed by atoms with E-state index >= 15 is 0 Å². The Hall–Kier alpha value is -2.42. The average molecular weight is 393 g/mol. The minimum atomic E-state index is -4.55. The van der Waals surface area contributed by atoms with Gasteiger partial charge in [-0.15, -0.1) is 10.2 Å². The van der Waals surface area contributed by atoms with Crippen LogP contribution in [0.1, 0.15) is 48.1 Å². The molecule has 1 saturated heterocycles. The molecule has 2 bridgehead atoms. The van der Waals surface area contributed by atoms with Gasteiger partial charge in [0.25, 0.3) is 0 Å². The lowest BCUT2D eigenvalue weighted by molar-refractivity contribution is -0.148. The summed E-state index contributed by atoms with van der Waals surface area (Å²) in [5.41, 5.74) is 8.44. The van der Waals surface area contributed by atoms with Gasteiger partial charge in [0.2, 0.25) is 11.7 Å². The molecule has 1 amide bonds. The van der Waals surface area contributed by atoms with Crippen molar-refractivity contribution in [3.8, 4) is 0 Å². The molecule has 9 heteroatoms. The highest BCUT2D eigenvalue weighted by Crippen LogP contribution is 2.42. The topological polar surface area (TPSA) is 77.0 Å². The van der Waals surface area contributed by atoms with Crippen LogP contribution in [0, 0.1) is 6.92 Å². The summed E-state index contributed by atoms with van der Waals surface area (Å²) in [5, 5.41) is 7.09. The van der Waals surface area contributed by atoms with Gasteiger partial charge < -0.3 is 15.2 Å². The monoisotopic (exact) mass is 393 g/mol. The number of amides is 1. The van der Waals surface area contributed by atoms with Gasteiger partial charge in [0.05, 0.1) is 12.1 Å². The van der Waals surface area contributed by atoms with Crippen LogP contribution in [0.5, 0.6) is 0 Å². The summed E-state index contributed by atoms with van der Waals surface area (Å²) >= 11 is 0. The predicted octanol–water partition coefficient (Wildman–Crippen LogP) is 2.61. The number of fused-ring (bicyclic) bond motifs is 4. The van der Waals surface area contributed by atoms with Gasteiger partial charge >= 0.3 is 6.18 Å². The first-order valence-electron chi connectivity index (χ1n) is 9.37. The lowest BCUT2D eigenvalue weighted by Gasteiger charge is -2.36. The first kappa shape index (κ1) is 18.9. The van der Waals surface area contributed by atoms with Crippen molar-refractivity contribution in [2.45, 2.75) is 63.5 Å². The van der Waals surface area contributed by atoms with Gasteiger partial charge in [0.1, 0.15) is 0 Å². The fourth-order valence-electron chi connectivity index (χ4n) is 4.38. The van der Waals surface area contributed by atoms with E-state index in [0.717, 1.165) is 15.7 Å². The third-order valence-corrected chi connectivity index (χ3v) is 5.69. The predicted molar refractivity (Wildman–Crippen MR) is 95.1 cm³/mol. The maximum Gasteiger partial charge on any atom is 0.451 e. The molecule has 1 aromatic carbocycles. The Labute approximate surface area is 160 Å². The highest BCUT2D eigenvalue weighted by atomic mass is 19.4. The van der Waals surface area contributed by atoms with E-state index in [-0.39, 0.29) is 36.8 Å². The number of rotatable bonds is 4. The molecule has 0 aliphatic carbocycles. The fraction of sp³-hybridized carbons (Fsp3) is 0.526. The van der Waals surface area contributed by atoms with Crippen LogP contribution >= 0.6 is 0 Å². The van der Waals surface area contributed by atoms with Crippen LogP contribution in [-0.2, 0) is 23.9 Å². The number of nitrogens with zero attached hydrogens (tertiary/aromatic N) is 4. The highest BCUT2D eigenvalue weighted by molar-refractivity contribution is 5.78. The molecule has 3 atom stereocenters. The molecule has 2 aliphatic heterocycles. The number of aryl methyl sites for hydroxylation is 1. The molecule has 0 saturated carbocycles. The molecule has 4 rings (SSSR count). The maximum atomic E-state index is 13.1. The van der Waals surface area contributed by atoms with Crippen molar-refractivity contribution in [1.29, 1.82) is 0 Å². The van der Waals surface area contributed by atoms with Crippen molar-refractivity contribution >= 4 is 5.91 Å². The molecule has 2 aromatic rings. The van der Waals surface area contributed by atoms with Crippen molar-refractivity contribution in [1.82, 2.24) is 19.7 Å². The van der Waals surface area contributed by atoms with Crippen molar-refractivity contribution in [2.75, 3.05) is 0 Å². The van der Waals surface area contributed by atoms with E-state index in [9.17, 15) is 18.0 Å². The van der Waals surface area contributed by atoms with E-state index in [1.54, 1.807) is 4.90 Å². The van der Waals surface area contributed by atoms with Crippen molar-refractivity contribution in [3.63, 3.8) is 0 Å². The smallest absolute Gasteiger partial charge is 0.328 e. The van der Waals surface area contributed by atoms with E-state index in [0.29, 0.717) is 19.3 Å². The Morgan fingerprint density at radius 2 is 2.04 bits per heavy atom. The molecular formula is C19H22F3N5O. The van der Waals surface area contributed by atoms with Gasteiger partial charge in [-0.25, -0.2) is 0 Å². The number of carbonyl (C=O) groups excluding carboxylic acids is 1. The van der Waals surface area contributed by atoms with Crippen LogP contribution in [0.3, 0.4) is 0 Å². The van der Waals surface area contributed by atoms with Crippen molar-refractivity contribution in [3.05, 3.63) is 47.0 Å². The molecule has 3 unspecified atom stereocenters. The Morgan fingerprint density at radius 3 is 2.75 bits per heavy atom. The summed E-state index contributed by atoms with van der Waals surface area (Å²) in [5.74, 6) is -0.888. The van der Waals surface area contributed by atoms with Crippen LogP contribution in [0.15, 0.2) is 24.3 Å². The molecule has 2 aliphatic rings. The van der Waals surface area contributed by atoms with E-state index in [2.05, 4.69) is 10.2 Å². The summed E-state index contributed by atoms with van der Waals surface area (Å²) in [6, 6.07) is 6.80. The number of nitrogens with two attached hydrogens (primary N) is 1. The first-order chi connectivity index (χ1) is 13.3. The lowest BCUT2D eigenvalue weighted by atomic mass is 9.99. The second-order valence-corrected chi connectivity index (χ2v) is 7.63. The van der Waals surface area contributed by atoms with Gasteiger partial charge in [0, 0.05) is 19.0 Å². The van der Waals surface area contributed by atoms with Crippen LogP contribution in [0.25, 0.3) is 0 Å².